The molecule has 0 aliphatic heterocycles. The van der Waals surface area contributed by atoms with Crippen LogP contribution in [0.15, 0.2) is 73.7 Å². The van der Waals surface area contributed by atoms with E-state index in [9.17, 15) is 22.8 Å². The van der Waals surface area contributed by atoms with E-state index in [1.54, 1.807) is 24.1 Å². The zero-order valence-corrected chi connectivity index (χ0v) is 23.5. The SMILES string of the molecule is C=CC(=O)N(OC(=O)C(F)(F)F)c1ccc(F)c(Nc2nc(Nc3cnn(C)c3)ncc2-c2ccc(C(C)(C)C)cc2)c1. The van der Waals surface area contributed by atoms with Gasteiger partial charge in [0.15, 0.2) is 0 Å². The van der Waals surface area contributed by atoms with Crippen molar-refractivity contribution in [3.63, 3.8) is 0 Å². The fourth-order valence-electron chi connectivity index (χ4n) is 3.82. The monoisotopic (exact) mass is 597 g/mol. The second-order valence-corrected chi connectivity index (χ2v) is 10.3. The molecule has 4 rings (SSSR count). The average molecular weight is 598 g/mol. The molecule has 2 aromatic carbocycles. The maximum Gasteiger partial charge on any atom is 0.493 e. The number of rotatable bonds is 7. The number of aryl methyl sites for hydroxylation is 1. The molecule has 0 radical (unpaired) electrons. The Morgan fingerprint density at radius 3 is 2.33 bits per heavy atom. The molecule has 0 unspecified atom stereocenters. The van der Waals surface area contributed by atoms with Crippen LogP contribution in [0.1, 0.15) is 26.3 Å². The highest BCUT2D eigenvalue weighted by atomic mass is 19.4. The number of benzene rings is 2. The second-order valence-electron chi connectivity index (χ2n) is 10.3. The Hall–Kier alpha value is -5.27. The molecule has 0 fully saturated rings. The molecule has 0 aliphatic rings. The van der Waals surface area contributed by atoms with Crippen molar-refractivity contribution < 1.29 is 32.0 Å². The van der Waals surface area contributed by atoms with Crippen LogP contribution in [-0.4, -0.2) is 37.8 Å². The lowest BCUT2D eigenvalue weighted by Gasteiger charge is -2.21. The maximum atomic E-state index is 15.1. The number of nitrogens with one attached hydrogen (secondary N) is 2. The summed E-state index contributed by atoms with van der Waals surface area (Å²) in [5.74, 6) is -4.44. The van der Waals surface area contributed by atoms with Crippen LogP contribution in [0.2, 0.25) is 0 Å². The Balaban J connectivity index is 1.76. The van der Waals surface area contributed by atoms with Gasteiger partial charge in [0.05, 0.1) is 23.3 Å². The summed E-state index contributed by atoms with van der Waals surface area (Å²) in [4.78, 5) is 36.9. The van der Waals surface area contributed by atoms with Crippen molar-refractivity contribution in [1.82, 2.24) is 19.7 Å². The van der Waals surface area contributed by atoms with Crippen molar-refractivity contribution in [2.24, 2.45) is 7.05 Å². The van der Waals surface area contributed by atoms with Crippen LogP contribution in [0.5, 0.6) is 0 Å². The molecule has 0 bridgehead atoms. The number of hydrogen-bond acceptors (Lipinski definition) is 8. The van der Waals surface area contributed by atoms with Gasteiger partial charge in [-0.3, -0.25) is 9.48 Å². The molecule has 0 spiro atoms. The molecule has 2 heterocycles. The van der Waals surface area contributed by atoms with E-state index < -0.39 is 23.9 Å². The molecule has 2 aromatic heterocycles. The third-order valence-corrected chi connectivity index (χ3v) is 6.03. The van der Waals surface area contributed by atoms with Crippen LogP contribution in [-0.2, 0) is 26.9 Å². The molecule has 0 saturated heterocycles. The van der Waals surface area contributed by atoms with E-state index in [0.717, 1.165) is 23.8 Å². The van der Waals surface area contributed by atoms with Crippen molar-refractivity contribution in [3.8, 4) is 11.1 Å². The van der Waals surface area contributed by atoms with Gasteiger partial charge >= 0.3 is 12.1 Å². The van der Waals surface area contributed by atoms with Gasteiger partial charge in [-0.05, 0) is 40.8 Å². The smallest absolute Gasteiger partial charge is 0.337 e. The fourth-order valence-corrected chi connectivity index (χ4v) is 3.82. The lowest BCUT2D eigenvalue weighted by molar-refractivity contribution is -0.201. The molecule has 0 atom stereocenters. The Morgan fingerprint density at radius 1 is 1.05 bits per heavy atom. The Morgan fingerprint density at radius 2 is 1.74 bits per heavy atom. The minimum absolute atomic E-state index is 0.0644. The number of halogens is 4. The number of alkyl halides is 3. The van der Waals surface area contributed by atoms with E-state index in [-0.39, 0.29) is 33.6 Å². The normalized spacial score (nSPS) is 11.5. The van der Waals surface area contributed by atoms with Crippen LogP contribution in [0.4, 0.5) is 46.4 Å². The molecule has 43 heavy (non-hydrogen) atoms. The molecule has 0 saturated carbocycles. The van der Waals surface area contributed by atoms with Crippen LogP contribution < -0.4 is 15.7 Å². The summed E-state index contributed by atoms with van der Waals surface area (Å²) in [7, 11) is 1.73. The molecule has 4 aromatic rings. The zero-order valence-electron chi connectivity index (χ0n) is 23.5. The summed E-state index contributed by atoms with van der Waals surface area (Å²) < 4.78 is 55.3. The van der Waals surface area contributed by atoms with Crippen LogP contribution in [0, 0.1) is 5.82 Å². The van der Waals surface area contributed by atoms with Crippen molar-refractivity contribution in [2.75, 3.05) is 15.7 Å². The first-order chi connectivity index (χ1) is 20.2. The predicted octanol–water partition coefficient (Wildman–Crippen LogP) is 6.34. The van der Waals surface area contributed by atoms with Gasteiger partial charge in [0.2, 0.25) is 5.95 Å². The van der Waals surface area contributed by atoms with Gasteiger partial charge in [0, 0.05) is 25.0 Å². The minimum atomic E-state index is -5.39. The second kappa shape index (κ2) is 11.9. The summed E-state index contributed by atoms with van der Waals surface area (Å²) in [6, 6.07) is 10.4. The van der Waals surface area contributed by atoms with Gasteiger partial charge in [0.1, 0.15) is 11.6 Å². The summed E-state index contributed by atoms with van der Waals surface area (Å²) in [6.07, 6.45) is -0.00392. The summed E-state index contributed by atoms with van der Waals surface area (Å²) in [5.41, 5.74) is 2.01. The topological polar surface area (TPSA) is 114 Å². The van der Waals surface area contributed by atoms with E-state index in [1.807, 2.05) is 24.3 Å². The number of carbonyl (C=O) groups is 2. The van der Waals surface area contributed by atoms with Gasteiger partial charge in [-0.15, -0.1) is 5.06 Å². The molecular weight excluding hydrogens is 570 g/mol. The van der Waals surface area contributed by atoms with Gasteiger partial charge in [-0.25, -0.2) is 14.2 Å². The summed E-state index contributed by atoms with van der Waals surface area (Å²) in [5, 5.41) is 9.97. The first kappa shape index (κ1) is 30.7. The number of hydroxylamine groups is 1. The molecule has 2 N–H and O–H groups in total. The molecule has 1 amide bonds. The van der Waals surface area contributed by atoms with Crippen LogP contribution in [0.25, 0.3) is 11.1 Å². The quantitative estimate of drug-likeness (QED) is 0.144. The van der Waals surface area contributed by atoms with Crippen molar-refractivity contribution in [1.29, 1.82) is 0 Å². The third kappa shape index (κ3) is 7.33. The number of carbonyl (C=O) groups excluding carboxylic acids is 2. The number of nitrogens with zero attached hydrogens (tertiary/aromatic N) is 5. The Labute approximate surface area is 244 Å². The van der Waals surface area contributed by atoms with Crippen LogP contribution >= 0.6 is 0 Å². The van der Waals surface area contributed by atoms with Crippen molar-refractivity contribution in [3.05, 3.63) is 85.1 Å². The fraction of sp³-hybridized carbons (Fsp3) is 0.207. The number of hydrogen-bond donors (Lipinski definition) is 2. The predicted molar refractivity (Wildman–Crippen MR) is 152 cm³/mol. The standard InChI is InChI=1S/C29H27F4N7O3/c1-6-24(41)40(43-26(42)29(31,32)33)20-11-12-22(30)23(13-20)37-25-21(17-7-9-18(10-8-17)28(2,3)4)15-34-27(38-25)36-19-14-35-39(5)16-19/h6-16H,1H2,2-5H3,(H2,34,36,37,38). The Kier molecular flexibility index (Phi) is 8.50. The van der Waals surface area contributed by atoms with E-state index in [4.69, 9.17) is 0 Å². The lowest BCUT2D eigenvalue weighted by atomic mass is 9.86. The summed E-state index contributed by atoms with van der Waals surface area (Å²) in [6.45, 7) is 9.42. The highest BCUT2D eigenvalue weighted by Crippen LogP contribution is 2.34. The van der Waals surface area contributed by atoms with E-state index in [2.05, 4.69) is 57.9 Å². The number of aromatic nitrogens is 4. The summed E-state index contributed by atoms with van der Waals surface area (Å²) >= 11 is 0. The van der Waals surface area contributed by atoms with E-state index in [1.165, 1.54) is 6.20 Å². The zero-order chi connectivity index (χ0) is 31.5. The van der Waals surface area contributed by atoms with Crippen molar-refractivity contribution >= 4 is 40.7 Å². The van der Waals surface area contributed by atoms with Gasteiger partial charge in [-0.2, -0.15) is 23.3 Å². The van der Waals surface area contributed by atoms with Gasteiger partial charge < -0.3 is 15.5 Å². The first-order valence-electron chi connectivity index (χ1n) is 12.7. The van der Waals surface area contributed by atoms with Crippen molar-refractivity contribution in [2.45, 2.75) is 32.4 Å². The lowest BCUT2D eigenvalue weighted by Crippen LogP contribution is -2.38. The largest absolute Gasteiger partial charge is 0.493 e. The Bertz CT molecular complexity index is 1660. The molecule has 224 valence electrons. The highest BCUT2D eigenvalue weighted by Gasteiger charge is 2.43. The minimum Gasteiger partial charge on any atom is -0.337 e. The highest BCUT2D eigenvalue weighted by molar-refractivity contribution is 6.01. The molecular formula is C29H27F4N7O3. The number of anilines is 5. The molecule has 14 heteroatoms. The third-order valence-electron chi connectivity index (χ3n) is 6.03. The van der Waals surface area contributed by atoms with Gasteiger partial charge in [0.25, 0.3) is 5.91 Å². The van der Waals surface area contributed by atoms with Crippen LogP contribution in [0.3, 0.4) is 0 Å². The number of amides is 1. The molecule has 10 nitrogen and oxygen atoms in total. The average Bonchev–Trinajstić information content (AvgIpc) is 3.35. The van der Waals surface area contributed by atoms with E-state index >= 15 is 4.39 Å². The maximum absolute atomic E-state index is 15.1. The van der Waals surface area contributed by atoms with Gasteiger partial charge in [-0.1, -0.05) is 51.6 Å². The van der Waals surface area contributed by atoms with E-state index in [0.29, 0.717) is 22.9 Å². The molecule has 0 aliphatic carbocycles. The first-order valence-corrected chi connectivity index (χ1v) is 12.7.